The molecule has 0 bridgehead atoms. The summed E-state index contributed by atoms with van der Waals surface area (Å²) in [6.45, 7) is 4.47. The first-order valence-corrected chi connectivity index (χ1v) is 5.54. The molecule has 5 nitrogen and oxygen atoms in total. The van der Waals surface area contributed by atoms with Crippen LogP contribution in [0.15, 0.2) is 18.2 Å². The summed E-state index contributed by atoms with van der Waals surface area (Å²) in [7, 11) is 0. The maximum Gasteiger partial charge on any atom is 0.248 e. The Hall–Kier alpha value is -1.75. The molecule has 5 N–H and O–H groups in total. The number of carbonyl (C=O) groups excluding carboxylic acids is 1. The number of benzene rings is 1. The quantitative estimate of drug-likeness (QED) is 0.653. The van der Waals surface area contributed by atoms with Gasteiger partial charge >= 0.3 is 0 Å². The number of aliphatic hydroxyl groups is 1. The summed E-state index contributed by atoms with van der Waals surface area (Å²) in [6, 6.07) is 5.08. The van der Waals surface area contributed by atoms with Crippen molar-refractivity contribution in [3.05, 3.63) is 23.8 Å². The average Bonchev–Trinajstić information content (AvgIpc) is 2.26. The minimum Gasteiger partial charge on any atom is -0.397 e. The van der Waals surface area contributed by atoms with E-state index in [4.69, 9.17) is 16.6 Å². The van der Waals surface area contributed by atoms with Crippen LogP contribution in [-0.4, -0.2) is 30.2 Å². The number of nitrogens with two attached hydrogens (primary N) is 2. The van der Waals surface area contributed by atoms with Gasteiger partial charge in [-0.2, -0.15) is 0 Å². The van der Waals surface area contributed by atoms with Crippen LogP contribution < -0.4 is 16.4 Å². The van der Waals surface area contributed by atoms with Crippen molar-refractivity contribution in [3.8, 4) is 0 Å². The molecule has 0 spiro atoms. The molecule has 0 saturated carbocycles. The topological polar surface area (TPSA) is 92.6 Å². The van der Waals surface area contributed by atoms with Crippen molar-refractivity contribution in [2.75, 3.05) is 23.8 Å². The number of aliphatic hydroxyl groups excluding tert-OH is 1. The van der Waals surface area contributed by atoms with Crippen LogP contribution in [0, 0.1) is 0 Å². The second kappa shape index (κ2) is 5.54. The lowest BCUT2D eigenvalue weighted by atomic mass is 10.1. The lowest BCUT2D eigenvalue weighted by Crippen LogP contribution is -2.34. The van der Waals surface area contributed by atoms with Crippen molar-refractivity contribution < 1.29 is 9.90 Å². The number of amides is 1. The molecule has 1 rings (SSSR count). The fraction of sp³-hybridized carbons (Fsp3) is 0.417. The van der Waals surface area contributed by atoms with Crippen molar-refractivity contribution in [1.29, 1.82) is 0 Å². The van der Waals surface area contributed by atoms with Gasteiger partial charge in [-0.3, -0.25) is 4.79 Å². The fourth-order valence-corrected chi connectivity index (χ4v) is 1.71. The van der Waals surface area contributed by atoms with Gasteiger partial charge in [0.2, 0.25) is 5.91 Å². The van der Waals surface area contributed by atoms with Gasteiger partial charge in [-0.05, 0) is 32.0 Å². The third-order valence-corrected chi connectivity index (χ3v) is 2.59. The summed E-state index contributed by atoms with van der Waals surface area (Å²) in [5.74, 6) is -0.487. The largest absolute Gasteiger partial charge is 0.397 e. The Balaban J connectivity index is 3.16. The van der Waals surface area contributed by atoms with E-state index in [0.717, 1.165) is 5.69 Å². The van der Waals surface area contributed by atoms with Gasteiger partial charge in [0.05, 0.1) is 18.0 Å². The molecule has 0 saturated heterocycles. The standard InChI is InChI=1S/C12H19N3O2/c1-8(2)15(5-6-16)11-7-9(12(14)17)3-4-10(11)13/h3-4,7-8,16H,5-6,13H2,1-2H3,(H2,14,17). The molecule has 0 aliphatic carbocycles. The molecule has 0 heterocycles. The van der Waals surface area contributed by atoms with Gasteiger partial charge < -0.3 is 21.5 Å². The number of nitrogens with zero attached hydrogens (tertiary/aromatic N) is 1. The number of anilines is 2. The molecule has 1 amide bonds. The van der Waals surface area contributed by atoms with E-state index in [2.05, 4.69) is 0 Å². The van der Waals surface area contributed by atoms with Gasteiger partial charge in [-0.15, -0.1) is 0 Å². The lowest BCUT2D eigenvalue weighted by Gasteiger charge is -2.29. The molecular formula is C12H19N3O2. The predicted molar refractivity (Wildman–Crippen MR) is 68.9 cm³/mol. The highest BCUT2D eigenvalue weighted by Crippen LogP contribution is 2.26. The fourth-order valence-electron chi connectivity index (χ4n) is 1.71. The molecule has 94 valence electrons. The molecule has 5 heteroatoms. The van der Waals surface area contributed by atoms with E-state index < -0.39 is 5.91 Å². The van der Waals surface area contributed by atoms with Gasteiger partial charge in [0.1, 0.15) is 0 Å². The van der Waals surface area contributed by atoms with Gasteiger partial charge in [0.15, 0.2) is 0 Å². The predicted octanol–water partition coefficient (Wildman–Crippen LogP) is 0.575. The highest BCUT2D eigenvalue weighted by molar-refractivity contribution is 5.95. The summed E-state index contributed by atoms with van der Waals surface area (Å²) in [4.78, 5) is 13.1. The van der Waals surface area contributed by atoms with Crippen LogP contribution in [0.5, 0.6) is 0 Å². The maximum atomic E-state index is 11.1. The number of rotatable bonds is 5. The molecule has 0 atom stereocenters. The molecule has 1 aromatic rings. The molecule has 0 unspecified atom stereocenters. The third kappa shape index (κ3) is 3.10. The van der Waals surface area contributed by atoms with Crippen molar-refractivity contribution >= 4 is 17.3 Å². The van der Waals surface area contributed by atoms with Crippen LogP contribution in [0.4, 0.5) is 11.4 Å². The Bertz CT molecular complexity index is 405. The summed E-state index contributed by atoms with van der Waals surface area (Å²) in [6.07, 6.45) is 0. The maximum absolute atomic E-state index is 11.1. The van der Waals surface area contributed by atoms with Crippen LogP contribution in [0.1, 0.15) is 24.2 Å². The molecule has 1 aromatic carbocycles. The van der Waals surface area contributed by atoms with Gasteiger partial charge in [0, 0.05) is 18.2 Å². The van der Waals surface area contributed by atoms with Gasteiger partial charge in [0.25, 0.3) is 0 Å². The van der Waals surface area contributed by atoms with Crippen molar-refractivity contribution in [2.45, 2.75) is 19.9 Å². The number of hydrogen-bond donors (Lipinski definition) is 3. The molecule has 0 aliphatic rings. The normalized spacial score (nSPS) is 10.6. The first-order chi connectivity index (χ1) is 7.97. The molecule has 0 fully saturated rings. The van der Waals surface area contributed by atoms with Crippen molar-refractivity contribution in [3.63, 3.8) is 0 Å². The van der Waals surface area contributed by atoms with Gasteiger partial charge in [-0.1, -0.05) is 0 Å². The lowest BCUT2D eigenvalue weighted by molar-refractivity contribution is 0.100. The third-order valence-electron chi connectivity index (χ3n) is 2.59. The summed E-state index contributed by atoms with van der Waals surface area (Å²) in [5, 5.41) is 9.04. The van der Waals surface area contributed by atoms with Crippen LogP contribution in [0.25, 0.3) is 0 Å². The van der Waals surface area contributed by atoms with Crippen LogP contribution >= 0.6 is 0 Å². The number of nitrogen functional groups attached to an aromatic ring is 1. The molecule has 0 aliphatic heterocycles. The molecular weight excluding hydrogens is 218 g/mol. The van der Waals surface area contributed by atoms with Crippen LogP contribution in [-0.2, 0) is 0 Å². The molecule has 17 heavy (non-hydrogen) atoms. The smallest absolute Gasteiger partial charge is 0.248 e. The highest BCUT2D eigenvalue weighted by atomic mass is 16.3. The van der Waals surface area contributed by atoms with E-state index in [9.17, 15) is 4.79 Å². The van der Waals surface area contributed by atoms with Crippen LogP contribution in [0.3, 0.4) is 0 Å². The summed E-state index contributed by atoms with van der Waals surface area (Å²) in [5.41, 5.74) is 12.8. The zero-order valence-electron chi connectivity index (χ0n) is 10.2. The monoisotopic (exact) mass is 237 g/mol. The Labute approximate surface area is 101 Å². The SMILES string of the molecule is CC(C)N(CCO)c1cc(C(N)=O)ccc1N. The van der Waals surface area contributed by atoms with Crippen molar-refractivity contribution in [2.24, 2.45) is 5.73 Å². The zero-order valence-corrected chi connectivity index (χ0v) is 10.2. The zero-order chi connectivity index (χ0) is 13.0. The molecule has 0 aromatic heterocycles. The Morgan fingerprint density at radius 1 is 1.47 bits per heavy atom. The van der Waals surface area contributed by atoms with Crippen molar-refractivity contribution in [1.82, 2.24) is 0 Å². The van der Waals surface area contributed by atoms with E-state index >= 15 is 0 Å². The van der Waals surface area contributed by atoms with E-state index in [-0.39, 0.29) is 12.6 Å². The minimum absolute atomic E-state index is 0.0262. The number of carbonyl (C=O) groups is 1. The highest BCUT2D eigenvalue weighted by Gasteiger charge is 2.14. The van der Waals surface area contributed by atoms with E-state index in [1.165, 1.54) is 0 Å². The average molecular weight is 237 g/mol. The van der Waals surface area contributed by atoms with Gasteiger partial charge in [-0.25, -0.2) is 0 Å². The number of primary amides is 1. The minimum atomic E-state index is -0.487. The second-order valence-electron chi connectivity index (χ2n) is 4.15. The number of hydrogen-bond acceptors (Lipinski definition) is 4. The first-order valence-electron chi connectivity index (χ1n) is 5.54. The summed E-state index contributed by atoms with van der Waals surface area (Å²) < 4.78 is 0. The van der Waals surface area contributed by atoms with E-state index in [0.29, 0.717) is 17.8 Å². The Morgan fingerprint density at radius 3 is 2.59 bits per heavy atom. The summed E-state index contributed by atoms with van der Waals surface area (Å²) >= 11 is 0. The van der Waals surface area contributed by atoms with E-state index in [1.807, 2.05) is 18.7 Å². The molecule has 0 radical (unpaired) electrons. The van der Waals surface area contributed by atoms with Crippen LogP contribution in [0.2, 0.25) is 0 Å². The second-order valence-corrected chi connectivity index (χ2v) is 4.15. The Morgan fingerprint density at radius 2 is 2.12 bits per heavy atom. The Kier molecular flexibility index (Phi) is 4.34. The van der Waals surface area contributed by atoms with E-state index in [1.54, 1.807) is 18.2 Å². The first kappa shape index (κ1) is 13.3.